The minimum atomic E-state index is -0.167. The van der Waals surface area contributed by atoms with Crippen LogP contribution in [-0.2, 0) is 11.3 Å². The van der Waals surface area contributed by atoms with E-state index in [2.05, 4.69) is 15.5 Å². The van der Waals surface area contributed by atoms with Crippen LogP contribution in [-0.4, -0.2) is 16.1 Å². The summed E-state index contributed by atoms with van der Waals surface area (Å²) < 4.78 is 0. The van der Waals surface area contributed by atoms with Gasteiger partial charge in [-0.2, -0.15) is 5.10 Å². The molecule has 0 bridgehead atoms. The molecule has 2 aromatic rings. The van der Waals surface area contributed by atoms with Gasteiger partial charge in [-0.15, -0.1) is 0 Å². The standard InChI is InChI=1S/C13H14N4O/c14-13-11(9-16-17-13)8-15-12(18)7-6-10-4-2-1-3-5-10/h1-7,9H,8H2,(H,15,18)(H3,14,16,17). The van der Waals surface area contributed by atoms with E-state index in [-0.39, 0.29) is 5.91 Å². The Bertz CT molecular complexity index is 545. The second-order valence-electron chi connectivity index (χ2n) is 3.77. The summed E-state index contributed by atoms with van der Waals surface area (Å²) in [6.45, 7) is 0.361. The van der Waals surface area contributed by atoms with E-state index in [0.29, 0.717) is 12.4 Å². The van der Waals surface area contributed by atoms with Gasteiger partial charge < -0.3 is 11.1 Å². The quantitative estimate of drug-likeness (QED) is 0.707. The number of hydrogen-bond acceptors (Lipinski definition) is 3. The molecule has 0 aliphatic carbocycles. The van der Waals surface area contributed by atoms with Crippen LogP contribution >= 0.6 is 0 Å². The highest BCUT2D eigenvalue weighted by Crippen LogP contribution is 2.05. The molecular formula is C13H14N4O. The first-order chi connectivity index (χ1) is 8.75. The smallest absolute Gasteiger partial charge is 0.244 e. The van der Waals surface area contributed by atoms with Crippen LogP contribution in [0.4, 0.5) is 5.82 Å². The maximum Gasteiger partial charge on any atom is 0.244 e. The van der Waals surface area contributed by atoms with Crippen molar-refractivity contribution in [2.24, 2.45) is 0 Å². The Labute approximate surface area is 105 Å². The van der Waals surface area contributed by atoms with Crippen molar-refractivity contribution in [1.82, 2.24) is 15.5 Å². The molecule has 0 spiro atoms. The van der Waals surface area contributed by atoms with Crippen LogP contribution in [0.2, 0.25) is 0 Å². The Morgan fingerprint density at radius 1 is 1.39 bits per heavy atom. The fourth-order valence-corrected chi connectivity index (χ4v) is 1.44. The van der Waals surface area contributed by atoms with Crippen LogP contribution in [0.15, 0.2) is 42.6 Å². The monoisotopic (exact) mass is 242 g/mol. The van der Waals surface area contributed by atoms with Gasteiger partial charge in [0.15, 0.2) is 0 Å². The molecule has 0 saturated carbocycles. The van der Waals surface area contributed by atoms with Crippen LogP contribution in [0.1, 0.15) is 11.1 Å². The normalized spacial score (nSPS) is 10.7. The molecule has 4 N–H and O–H groups in total. The SMILES string of the molecule is Nc1[nH]ncc1CNC(=O)C=Cc1ccccc1. The lowest BCUT2D eigenvalue weighted by molar-refractivity contribution is -0.116. The van der Waals surface area contributed by atoms with Gasteiger partial charge in [-0.1, -0.05) is 30.3 Å². The van der Waals surface area contributed by atoms with Gasteiger partial charge in [-0.25, -0.2) is 0 Å². The summed E-state index contributed by atoms with van der Waals surface area (Å²) in [5, 5.41) is 9.11. The lowest BCUT2D eigenvalue weighted by atomic mass is 10.2. The number of rotatable bonds is 4. The molecule has 0 aliphatic heterocycles. The van der Waals surface area contributed by atoms with Gasteiger partial charge in [0.25, 0.3) is 0 Å². The van der Waals surface area contributed by atoms with Gasteiger partial charge in [0.1, 0.15) is 5.82 Å². The Morgan fingerprint density at radius 2 is 2.17 bits per heavy atom. The summed E-state index contributed by atoms with van der Waals surface area (Å²) >= 11 is 0. The van der Waals surface area contributed by atoms with Crippen LogP contribution in [0.3, 0.4) is 0 Å². The van der Waals surface area contributed by atoms with E-state index in [1.54, 1.807) is 12.3 Å². The maximum absolute atomic E-state index is 11.6. The molecule has 18 heavy (non-hydrogen) atoms. The van der Waals surface area contributed by atoms with Gasteiger partial charge >= 0.3 is 0 Å². The van der Waals surface area contributed by atoms with Crippen molar-refractivity contribution in [2.75, 3.05) is 5.73 Å². The molecule has 1 aromatic heterocycles. The number of aromatic nitrogens is 2. The summed E-state index contributed by atoms with van der Waals surface area (Å²) in [5.41, 5.74) is 7.36. The molecule has 1 aromatic carbocycles. The largest absolute Gasteiger partial charge is 0.384 e. The first-order valence-electron chi connectivity index (χ1n) is 5.54. The van der Waals surface area contributed by atoms with E-state index in [4.69, 9.17) is 5.73 Å². The van der Waals surface area contributed by atoms with Crippen molar-refractivity contribution < 1.29 is 4.79 Å². The Morgan fingerprint density at radius 3 is 2.83 bits per heavy atom. The lowest BCUT2D eigenvalue weighted by Crippen LogP contribution is -2.20. The number of nitrogen functional groups attached to an aromatic ring is 1. The van der Waals surface area contributed by atoms with Crippen molar-refractivity contribution in [2.45, 2.75) is 6.54 Å². The van der Waals surface area contributed by atoms with Gasteiger partial charge in [-0.3, -0.25) is 9.89 Å². The molecule has 2 rings (SSSR count). The predicted octanol–water partition coefficient (Wildman–Crippen LogP) is 1.32. The van der Waals surface area contributed by atoms with Gasteiger partial charge in [0, 0.05) is 18.2 Å². The zero-order valence-corrected chi connectivity index (χ0v) is 9.76. The molecule has 92 valence electrons. The van der Waals surface area contributed by atoms with Crippen molar-refractivity contribution >= 4 is 17.8 Å². The first kappa shape index (κ1) is 11.9. The van der Waals surface area contributed by atoms with E-state index in [1.165, 1.54) is 6.08 Å². The second kappa shape index (κ2) is 5.67. The number of anilines is 1. The Kier molecular flexibility index (Phi) is 3.76. The molecule has 0 saturated heterocycles. The number of nitrogens with zero attached hydrogens (tertiary/aromatic N) is 1. The molecule has 0 fully saturated rings. The molecule has 0 atom stereocenters. The highest BCUT2D eigenvalue weighted by Gasteiger charge is 2.01. The van der Waals surface area contributed by atoms with Crippen LogP contribution in [0, 0.1) is 0 Å². The second-order valence-corrected chi connectivity index (χ2v) is 3.77. The van der Waals surface area contributed by atoms with Crippen LogP contribution in [0.5, 0.6) is 0 Å². The summed E-state index contributed by atoms with van der Waals surface area (Å²) in [4.78, 5) is 11.6. The van der Waals surface area contributed by atoms with E-state index in [1.807, 2.05) is 30.3 Å². The minimum Gasteiger partial charge on any atom is -0.384 e. The summed E-state index contributed by atoms with van der Waals surface area (Å²) in [6.07, 6.45) is 4.84. The molecule has 5 nitrogen and oxygen atoms in total. The first-order valence-corrected chi connectivity index (χ1v) is 5.54. The van der Waals surface area contributed by atoms with Crippen molar-refractivity contribution in [3.8, 4) is 0 Å². The lowest BCUT2D eigenvalue weighted by Gasteiger charge is -2.00. The fraction of sp³-hybridized carbons (Fsp3) is 0.0769. The van der Waals surface area contributed by atoms with Crippen LogP contribution in [0.25, 0.3) is 6.08 Å². The van der Waals surface area contributed by atoms with E-state index in [0.717, 1.165) is 11.1 Å². The van der Waals surface area contributed by atoms with Gasteiger partial charge in [-0.05, 0) is 11.6 Å². The van der Waals surface area contributed by atoms with Crippen molar-refractivity contribution in [3.05, 3.63) is 53.7 Å². The predicted molar refractivity (Wildman–Crippen MR) is 70.3 cm³/mol. The third kappa shape index (κ3) is 3.21. The molecule has 1 amide bonds. The number of hydrogen-bond donors (Lipinski definition) is 3. The average Bonchev–Trinajstić information content (AvgIpc) is 2.81. The number of nitrogens with one attached hydrogen (secondary N) is 2. The number of benzene rings is 1. The van der Waals surface area contributed by atoms with E-state index >= 15 is 0 Å². The van der Waals surface area contributed by atoms with Gasteiger partial charge in [0.2, 0.25) is 5.91 Å². The van der Waals surface area contributed by atoms with Crippen molar-refractivity contribution in [1.29, 1.82) is 0 Å². The van der Waals surface area contributed by atoms with Crippen LogP contribution < -0.4 is 11.1 Å². The van der Waals surface area contributed by atoms with E-state index < -0.39 is 0 Å². The number of nitrogens with two attached hydrogens (primary N) is 1. The average molecular weight is 242 g/mol. The highest BCUT2D eigenvalue weighted by atomic mass is 16.1. The number of aromatic amines is 1. The third-order valence-corrected chi connectivity index (χ3v) is 2.43. The molecular weight excluding hydrogens is 228 g/mol. The molecule has 5 heteroatoms. The summed E-state index contributed by atoms with van der Waals surface area (Å²) in [7, 11) is 0. The molecule has 0 aliphatic rings. The number of H-pyrrole nitrogens is 1. The number of carbonyl (C=O) groups is 1. The Balaban J connectivity index is 1.86. The molecule has 0 unspecified atom stereocenters. The Hall–Kier alpha value is -2.56. The number of carbonyl (C=O) groups excluding carboxylic acids is 1. The highest BCUT2D eigenvalue weighted by molar-refractivity contribution is 5.91. The van der Waals surface area contributed by atoms with Gasteiger partial charge in [0.05, 0.1) is 6.20 Å². The maximum atomic E-state index is 11.6. The third-order valence-electron chi connectivity index (χ3n) is 2.43. The van der Waals surface area contributed by atoms with E-state index in [9.17, 15) is 4.79 Å². The topological polar surface area (TPSA) is 83.8 Å². The van der Waals surface area contributed by atoms with Crippen molar-refractivity contribution in [3.63, 3.8) is 0 Å². The number of amides is 1. The molecule has 0 radical (unpaired) electrons. The summed E-state index contributed by atoms with van der Waals surface area (Å²) in [5.74, 6) is 0.307. The fourth-order valence-electron chi connectivity index (χ4n) is 1.44. The zero-order valence-electron chi connectivity index (χ0n) is 9.76. The zero-order chi connectivity index (χ0) is 12.8. The minimum absolute atomic E-state index is 0.167. The summed E-state index contributed by atoms with van der Waals surface area (Å²) in [6, 6.07) is 9.63. The molecule has 1 heterocycles.